The van der Waals surface area contributed by atoms with Crippen molar-refractivity contribution in [3.8, 4) is 11.5 Å². The summed E-state index contributed by atoms with van der Waals surface area (Å²) in [7, 11) is 1.71. The predicted molar refractivity (Wildman–Crippen MR) is 79.0 cm³/mol. The van der Waals surface area contributed by atoms with Gasteiger partial charge in [-0.25, -0.2) is 0 Å². The van der Waals surface area contributed by atoms with Gasteiger partial charge in [0.05, 0.1) is 12.2 Å². The van der Waals surface area contributed by atoms with Gasteiger partial charge >= 0.3 is 0 Å². The quantitative estimate of drug-likeness (QED) is 0.852. The molecule has 5 nitrogen and oxygen atoms in total. The highest BCUT2D eigenvalue weighted by Gasteiger charge is 2.51. The summed E-state index contributed by atoms with van der Waals surface area (Å²) in [5, 5.41) is 10.3. The Kier molecular flexibility index (Phi) is 2.75. The lowest BCUT2D eigenvalue weighted by Gasteiger charge is -2.38. The highest BCUT2D eigenvalue weighted by atomic mass is 16.7. The average Bonchev–Trinajstić information content (AvgIpc) is 3.08. The zero-order valence-electron chi connectivity index (χ0n) is 12.7. The Bertz CT molecular complexity index is 619. The third-order valence-corrected chi connectivity index (χ3v) is 6.04. The van der Waals surface area contributed by atoms with E-state index < -0.39 is 0 Å². The molecule has 5 rings (SSSR count). The molecule has 0 amide bonds. The van der Waals surface area contributed by atoms with E-state index in [1.165, 1.54) is 11.1 Å². The van der Waals surface area contributed by atoms with Gasteiger partial charge in [-0.05, 0) is 42.0 Å². The van der Waals surface area contributed by atoms with E-state index >= 15 is 0 Å². The number of aliphatic hydroxyl groups excluding tert-OH is 1. The normalized spacial score (nSPS) is 41.2. The number of aliphatic hydroxyl groups is 1. The Hall–Kier alpha value is -1.30. The summed E-state index contributed by atoms with van der Waals surface area (Å²) in [5.41, 5.74) is 2.78. The SMILES string of the molecule is CO[C@H]1CC2[C@H]3CN(Cc4cc5c(cc43)OCO5)[C@H]2C[C@@H]1O. The summed E-state index contributed by atoms with van der Waals surface area (Å²) < 4.78 is 16.6. The number of benzene rings is 1. The standard InChI is InChI=1S/C17H21NO4/c1-20-15-4-11-12-7-18(13(11)5-14(15)19)6-9-2-16-17(3-10(9)12)22-8-21-16/h2-3,11-15,19H,4-8H2,1H3/t11?,12-,13-,14-,15-/m0/s1. The van der Waals surface area contributed by atoms with Crippen LogP contribution in [0.1, 0.15) is 29.9 Å². The molecule has 1 N–H and O–H groups in total. The van der Waals surface area contributed by atoms with Gasteiger partial charge in [-0.3, -0.25) is 4.90 Å². The van der Waals surface area contributed by atoms with E-state index in [0.717, 1.165) is 37.4 Å². The second kappa shape index (κ2) is 4.60. The minimum atomic E-state index is -0.342. The maximum Gasteiger partial charge on any atom is 0.231 e. The van der Waals surface area contributed by atoms with Crippen molar-refractivity contribution in [1.82, 2.24) is 4.90 Å². The lowest BCUT2D eigenvalue weighted by Crippen LogP contribution is -2.45. The van der Waals surface area contributed by atoms with Gasteiger partial charge < -0.3 is 19.3 Å². The molecule has 0 aromatic heterocycles. The monoisotopic (exact) mass is 303 g/mol. The van der Waals surface area contributed by atoms with Crippen LogP contribution in [-0.2, 0) is 11.3 Å². The molecule has 0 radical (unpaired) electrons. The molecule has 1 aromatic carbocycles. The van der Waals surface area contributed by atoms with Crippen LogP contribution in [0.25, 0.3) is 0 Å². The van der Waals surface area contributed by atoms with E-state index in [-0.39, 0.29) is 12.2 Å². The number of ether oxygens (including phenoxy) is 3. The molecule has 1 saturated carbocycles. The molecule has 1 aromatic rings. The van der Waals surface area contributed by atoms with Crippen LogP contribution in [0, 0.1) is 5.92 Å². The number of nitrogens with zero attached hydrogens (tertiary/aromatic N) is 1. The minimum Gasteiger partial charge on any atom is -0.454 e. The topological polar surface area (TPSA) is 51.2 Å². The Morgan fingerprint density at radius 2 is 2.05 bits per heavy atom. The zero-order valence-corrected chi connectivity index (χ0v) is 12.7. The predicted octanol–water partition coefficient (Wildman–Crippen LogP) is 1.48. The first kappa shape index (κ1) is 13.2. The fourth-order valence-corrected chi connectivity index (χ4v) is 5.00. The van der Waals surface area contributed by atoms with Crippen LogP contribution >= 0.6 is 0 Å². The van der Waals surface area contributed by atoms with Gasteiger partial charge in [0.15, 0.2) is 11.5 Å². The minimum absolute atomic E-state index is 0.0285. The number of hydrogen-bond donors (Lipinski definition) is 1. The van der Waals surface area contributed by atoms with Crippen molar-refractivity contribution < 1.29 is 19.3 Å². The van der Waals surface area contributed by atoms with Crippen molar-refractivity contribution in [3.05, 3.63) is 23.3 Å². The Balaban J connectivity index is 1.54. The zero-order chi connectivity index (χ0) is 14.8. The van der Waals surface area contributed by atoms with Crippen molar-refractivity contribution in [1.29, 1.82) is 0 Å². The number of rotatable bonds is 1. The van der Waals surface area contributed by atoms with Crippen molar-refractivity contribution in [2.45, 2.75) is 43.6 Å². The van der Waals surface area contributed by atoms with Crippen LogP contribution in [0.15, 0.2) is 12.1 Å². The van der Waals surface area contributed by atoms with Crippen molar-refractivity contribution in [2.24, 2.45) is 5.92 Å². The second-order valence-electron chi connectivity index (χ2n) is 6.98. The summed E-state index contributed by atoms with van der Waals surface area (Å²) in [4.78, 5) is 2.54. The molecular weight excluding hydrogens is 282 g/mol. The van der Waals surface area contributed by atoms with E-state index in [0.29, 0.717) is 24.7 Å². The fourth-order valence-electron chi connectivity index (χ4n) is 5.00. The molecule has 3 aliphatic heterocycles. The number of hydrogen-bond acceptors (Lipinski definition) is 5. The van der Waals surface area contributed by atoms with Gasteiger partial charge in [-0.2, -0.15) is 0 Å². The Morgan fingerprint density at radius 1 is 1.23 bits per heavy atom. The third kappa shape index (κ3) is 1.70. The summed E-state index contributed by atoms with van der Waals surface area (Å²) in [6.07, 6.45) is 1.39. The highest BCUT2D eigenvalue weighted by Crippen LogP contribution is 2.51. The van der Waals surface area contributed by atoms with Crippen molar-refractivity contribution >= 4 is 0 Å². The summed E-state index contributed by atoms with van der Waals surface area (Å²) in [6.45, 7) is 2.37. The van der Waals surface area contributed by atoms with Crippen LogP contribution in [0.4, 0.5) is 0 Å². The molecule has 2 unspecified atom stereocenters. The lowest BCUT2D eigenvalue weighted by molar-refractivity contribution is -0.0660. The number of fused-ring (bicyclic) bond motifs is 8. The van der Waals surface area contributed by atoms with Gasteiger partial charge in [0.1, 0.15) is 0 Å². The van der Waals surface area contributed by atoms with E-state index in [2.05, 4.69) is 17.0 Å². The number of methoxy groups -OCH3 is 1. The second-order valence-corrected chi connectivity index (χ2v) is 6.98. The maximum absolute atomic E-state index is 10.3. The van der Waals surface area contributed by atoms with Crippen LogP contribution in [-0.4, -0.2) is 48.7 Å². The van der Waals surface area contributed by atoms with Crippen LogP contribution in [0.5, 0.6) is 11.5 Å². The maximum atomic E-state index is 10.3. The lowest BCUT2D eigenvalue weighted by atomic mass is 9.74. The van der Waals surface area contributed by atoms with E-state index in [9.17, 15) is 5.11 Å². The third-order valence-electron chi connectivity index (χ3n) is 6.04. The average molecular weight is 303 g/mol. The first-order valence-electron chi connectivity index (χ1n) is 8.12. The first-order chi connectivity index (χ1) is 10.7. The molecule has 4 aliphatic rings. The summed E-state index contributed by atoms with van der Waals surface area (Å²) >= 11 is 0. The molecule has 0 spiro atoms. The molecule has 2 fully saturated rings. The molecule has 22 heavy (non-hydrogen) atoms. The van der Waals surface area contributed by atoms with Crippen molar-refractivity contribution in [3.63, 3.8) is 0 Å². The van der Waals surface area contributed by atoms with Crippen LogP contribution in [0.3, 0.4) is 0 Å². The molecule has 1 saturated heterocycles. The van der Waals surface area contributed by atoms with E-state index in [1.54, 1.807) is 7.11 Å². The Morgan fingerprint density at radius 3 is 2.86 bits per heavy atom. The van der Waals surface area contributed by atoms with E-state index in [4.69, 9.17) is 14.2 Å². The van der Waals surface area contributed by atoms with Gasteiger partial charge in [-0.15, -0.1) is 0 Å². The van der Waals surface area contributed by atoms with Crippen LogP contribution in [0.2, 0.25) is 0 Å². The van der Waals surface area contributed by atoms with Crippen LogP contribution < -0.4 is 9.47 Å². The highest BCUT2D eigenvalue weighted by molar-refractivity contribution is 5.51. The molecule has 6 atom stereocenters. The molecule has 118 valence electrons. The van der Waals surface area contributed by atoms with Crippen molar-refractivity contribution in [2.75, 3.05) is 20.4 Å². The molecule has 5 heteroatoms. The van der Waals surface area contributed by atoms with Gasteiger partial charge in [0.25, 0.3) is 0 Å². The molecule has 1 aliphatic carbocycles. The van der Waals surface area contributed by atoms with Gasteiger partial charge in [-0.1, -0.05) is 0 Å². The van der Waals surface area contributed by atoms with E-state index in [1.807, 2.05) is 0 Å². The molecular formula is C17H21NO4. The Labute approximate surface area is 129 Å². The smallest absolute Gasteiger partial charge is 0.231 e. The fraction of sp³-hybridized carbons (Fsp3) is 0.647. The van der Waals surface area contributed by atoms with Gasteiger partial charge in [0.2, 0.25) is 6.79 Å². The summed E-state index contributed by atoms with van der Waals surface area (Å²) in [6, 6.07) is 4.81. The largest absolute Gasteiger partial charge is 0.454 e. The molecule has 2 bridgehead atoms. The summed E-state index contributed by atoms with van der Waals surface area (Å²) in [5.74, 6) is 2.84. The first-order valence-corrected chi connectivity index (χ1v) is 8.12. The molecule has 3 heterocycles. The van der Waals surface area contributed by atoms with Gasteiger partial charge in [0, 0.05) is 32.2 Å².